The second kappa shape index (κ2) is 14.8. The van der Waals surface area contributed by atoms with Gasteiger partial charge in [0, 0.05) is 49.2 Å². The quantitative estimate of drug-likeness (QED) is 0.336. The molecule has 2 atom stereocenters. The fourth-order valence-electron chi connectivity index (χ4n) is 6.41. The van der Waals surface area contributed by atoms with Crippen LogP contribution in [0.3, 0.4) is 0 Å². The molecule has 2 aromatic carbocycles. The van der Waals surface area contributed by atoms with Gasteiger partial charge in [0.2, 0.25) is 5.91 Å². The molecule has 0 radical (unpaired) electrons. The Kier molecular flexibility index (Phi) is 11.4. The summed E-state index contributed by atoms with van der Waals surface area (Å²) >= 11 is 12.6. The third-order valence-corrected chi connectivity index (χ3v) is 9.25. The van der Waals surface area contributed by atoms with Crippen LogP contribution < -0.4 is 5.32 Å². The van der Waals surface area contributed by atoms with Crippen molar-refractivity contribution in [1.29, 1.82) is 0 Å². The second-order valence-electron chi connectivity index (χ2n) is 12.2. The van der Waals surface area contributed by atoms with E-state index in [1.165, 1.54) is 11.1 Å². The summed E-state index contributed by atoms with van der Waals surface area (Å²) < 4.78 is 0. The molecule has 0 unspecified atom stereocenters. The van der Waals surface area contributed by atoms with Gasteiger partial charge in [-0.2, -0.15) is 0 Å². The number of nitrogens with zero attached hydrogens (tertiary/aromatic N) is 3. The van der Waals surface area contributed by atoms with Gasteiger partial charge in [0.25, 0.3) is 0 Å². The van der Waals surface area contributed by atoms with Crippen LogP contribution in [0, 0.1) is 12.8 Å². The van der Waals surface area contributed by atoms with Crippen molar-refractivity contribution in [3.05, 3.63) is 68.7 Å². The number of likely N-dealkylation sites (tertiary alicyclic amines) is 2. The third kappa shape index (κ3) is 8.62. The molecule has 8 heteroatoms. The van der Waals surface area contributed by atoms with Crippen LogP contribution in [0.5, 0.6) is 0 Å². The van der Waals surface area contributed by atoms with Gasteiger partial charge in [0.15, 0.2) is 0 Å². The van der Waals surface area contributed by atoms with Crippen LogP contribution >= 0.6 is 23.2 Å². The Hall–Kier alpha value is -2.28. The minimum absolute atomic E-state index is 0.00120. The number of rotatable bonds is 10. The van der Waals surface area contributed by atoms with E-state index in [0.717, 1.165) is 74.3 Å². The SMILES string of the molecule is CC[C@H](Cc1cc(Cl)ccc1C1CCN(C(=O)[C@@H](Cc2ccc(Cl)cc2C)NC(=O)N2CCCC2)CC1)CN(C)C. The number of hydrogen-bond donors (Lipinski definition) is 1. The number of urea groups is 1. The number of piperidine rings is 1. The van der Waals surface area contributed by atoms with Crippen LogP contribution in [0.1, 0.15) is 67.2 Å². The molecular formula is C33H46Cl2N4O2. The van der Waals surface area contributed by atoms with Gasteiger partial charge in [-0.15, -0.1) is 0 Å². The molecule has 0 spiro atoms. The standard InChI is InChI=1S/C33H46Cl2N4O2/c1-5-24(22-37(3)4)19-27-20-29(35)10-11-30(27)25-12-16-38(17-13-25)32(40)31(36-33(41)39-14-6-7-15-39)21-26-8-9-28(34)18-23(26)2/h8-11,18,20,24-25,31H,5-7,12-17,19,21-22H2,1-4H3,(H,36,41)/t24-,31-/m1/s1. The van der Waals surface area contributed by atoms with E-state index in [2.05, 4.69) is 43.4 Å². The lowest BCUT2D eigenvalue weighted by molar-refractivity contribution is -0.134. The summed E-state index contributed by atoms with van der Waals surface area (Å²) in [6, 6.07) is 11.3. The molecule has 6 nitrogen and oxygen atoms in total. The zero-order valence-electron chi connectivity index (χ0n) is 25.1. The van der Waals surface area contributed by atoms with Gasteiger partial charge in [-0.3, -0.25) is 4.79 Å². The first-order valence-electron chi connectivity index (χ1n) is 15.2. The van der Waals surface area contributed by atoms with E-state index < -0.39 is 6.04 Å². The van der Waals surface area contributed by atoms with Crippen molar-refractivity contribution in [2.24, 2.45) is 5.92 Å². The molecule has 41 heavy (non-hydrogen) atoms. The fraction of sp³-hybridized carbons (Fsp3) is 0.576. The highest BCUT2D eigenvalue weighted by molar-refractivity contribution is 6.30. The maximum Gasteiger partial charge on any atom is 0.318 e. The highest BCUT2D eigenvalue weighted by Crippen LogP contribution is 2.34. The maximum atomic E-state index is 13.9. The highest BCUT2D eigenvalue weighted by Gasteiger charge is 2.32. The predicted octanol–water partition coefficient (Wildman–Crippen LogP) is 6.55. The van der Waals surface area contributed by atoms with Crippen molar-refractivity contribution in [2.45, 2.75) is 70.8 Å². The molecule has 0 aliphatic carbocycles. The van der Waals surface area contributed by atoms with E-state index >= 15 is 0 Å². The molecule has 1 N–H and O–H groups in total. The highest BCUT2D eigenvalue weighted by atomic mass is 35.5. The number of halogens is 2. The molecule has 2 aliphatic rings. The molecular weight excluding hydrogens is 555 g/mol. The Morgan fingerprint density at radius 3 is 2.22 bits per heavy atom. The number of carbonyl (C=O) groups is 2. The lowest BCUT2D eigenvalue weighted by Gasteiger charge is -2.36. The number of nitrogens with one attached hydrogen (secondary N) is 1. The third-order valence-electron chi connectivity index (χ3n) is 8.78. The number of benzene rings is 2. The molecule has 0 bridgehead atoms. The number of hydrogen-bond acceptors (Lipinski definition) is 3. The summed E-state index contributed by atoms with van der Waals surface area (Å²) in [6.07, 6.45) is 6.40. The van der Waals surface area contributed by atoms with Gasteiger partial charge in [-0.1, -0.05) is 48.7 Å². The van der Waals surface area contributed by atoms with Crippen LogP contribution in [0.25, 0.3) is 0 Å². The van der Waals surface area contributed by atoms with E-state index in [1.807, 2.05) is 41.0 Å². The number of aryl methyl sites for hydroxylation is 1. The zero-order valence-corrected chi connectivity index (χ0v) is 26.6. The van der Waals surface area contributed by atoms with Crippen LogP contribution in [0.2, 0.25) is 10.0 Å². The lowest BCUT2D eigenvalue weighted by atomic mass is 9.83. The maximum absolute atomic E-state index is 13.9. The van der Waals surface area contributed by atoms with Gasteiger partial charge < -0.3 is 20.0 Å². The van der Waals surface area contributed by atoms with Crippen LogP contribution in [-0.2, 0) is 17.6 Å². The summed E-state index contributed by atoms with van der Waals surface area (Å²) in [5, 5.41) is 4.55. The predicted molar refractivity (Wildman–Crippen MR) is 169 cm³/mol. The summed E-state index contributed by atoms with van der Waals surface area (Å²) in [6.45, 7) is 8.15. The molecule has 2 heterocycles. The first-order valence-corrected chi connectivity index (χ1v) is 15.9. The van der Waals surface area contributed by atoms with Gasteiger partial charge in [0.1, 0.15) is 6.04 Å². The average molecular weight is 602 g/mol. The van der Waals surface area contributed by atoms with Crippen LogP contribution in [0.4, 0.5) is 4.79 Å². The Morgan fingerprint density at radius 2 is 1.59 bits per heavy atom. The molecule has 0 aromatic heterocycles. The Balaban J connectivity index is 1.46. The monoisotopic (exact) mass is 600 g/mol. The zero-order chi connectivity index (χ0) is 29.5. The molecule has 0 saturated carbocycles. The van der Waals surface area contributed by atoms with E-state index in [1.54, 1.807) is 0 Å². The first-order chi connectivity index (χ1) is 19.6. The Morgan fingerprint density at radius 1 is 0.927 bits per heavy atom. The van der Waals surface area contributed by atoms with Gasteiger partial charge in [-0.25, -0.2) is 4.79 Å². The minimum atomic E-state index is -0.609. The van der Waals surface area contributed by atoms with E-state index in [-0.39, 0.29) is 11.9 Å². The summed E-state index contributed by atoms with van der Waals surface area (Å²) in [5.74, 6) is 0.957. The fourth-order valence-corrected chi connectivity index (χ4v) is 6.84. The van der Waals surface area contributed by atoms with Crippen molar-refractivity contribution in [2.75, 3.05) is 46.8 Å². The van der Waals surface area contributed by atoms with Crippen LogP contribution in [-0.4, -0.2) is 79.5 Å². The van der Waals surface area contributed by atoms with Crippen molar-refractivity contribution >= 4 is 35.1 Å². The Labute approximate surface area is 256 Å². The van der Waals surface area contributed by atoms with Gasteiger partial charge >= 0.3 is 6.03 Å². The Bertz CT molecular complexity index is 1190. The van der Waals surface area contributed by atoms with Gasteiger partial charge in [-0.05, 0) is 111 Å². The van der Waals surface area contributed by atoms with Crippen molar-refractivity contribution in [3.63, 3.8) is 0 Å². The average Bonchev–Trinajstić information content (AvgIpc) is 3.49. The largest absolute Gasteiger partial charge is 0.341 e. The molecule has 2 aliphatic heterocycles. The smallest absolute Gasteiger partial charge is 0.318 e. The van der Waals surface area contributed by atoms with Crippen LogP contribution in [0.15, 0.2) is 36.4 Å². The summed E-state index contributed by atoms with van der Waals surface area (Å²) in [7, 11) is 4.26. The van der Waals surface area contributed by atoms with E-state index in [0.29, 0.717) is 36.4 Å². The van der Waals surface area contributed by atoms with Gasteiger partial charge in [0.05, 0.1) is 0 Å². The summed E-state index contributed by atoms with van der Waals surface area (Å²) in [4.78, 5) is 33.0. The topological polar surface area (TPSA) is 55.9 Å². The lowest BCUT2D eigenvalue weighted by Crippen LogP contribution is -2.54. The minimum Gasteiger partial charge on any atom is -0.341 e. The molecule has 2 fully saturated rings. The van der Waals surface area contributed by atoms with Crippen molar-refractivity contribution < 1.29 is 9.59 Å². The molecule has 2 aromatic rings. The molecule has 2 saturated heterocycles. The molecule has 3 amide bonds. The van der Waals surface area contributed by atoms with Crippen molar-refractivity contribution in [3.8, 4) is 0 Å². The first kappa shape index (κ1) is 31.7. The molecule has 4 rings (SSSR count). The normalized spacial score (nSPS) is 17.6. The number of carbonyl (C=O) groups excluding carboxylic acids is 2. The second-order valence-corrected chi connectivity index (χ2v) is 13.0. The van der Waals surface area contributed by atoms with E-state index in [4.69, 9.17) is 23.2 Å². The summed E-state index contributed by atoms with van der Waals surface area (Å²) in [5.41, 5.74) is 4.76. The van der Waals surface area contributed by atoms with Crippen molar-refractivity contribution in [1.82, 2.24) is 20.0 Å². The van der Waals surface area contributed by atoms with E-state index in [9.17, 15) is 9.59 Å². The molecule has 224 valence electrons. The number of amides is 3.